The highest BCUT2D eigenvalue weighted by molar-refractivity contribution is 7.94. The molecular weight excluding hydrogens is 384 g/mol. The summed E-state index contributed by atoms with van der Waals surface area (Å²) in [5, 5.41) is 11.9. The van der Waals surface area contributed by atoms with Crippen LogP contribution in [0.5, 0.6) is 5.75 Å². The summed E-state index contributed by atoms with van der Waals surface area (Å²) in [4.78, 5) is 14.1. The van der Waals surface area contributed by atoms with Crippen LogP contribution in [0.25, 0.3) is 0 Å². The third kappa shape index (κ3) is 4.47. The van der Waals surface area contributed by atoms with Crippen LogP contribution in [0.2, 0.25) is 0 Å². The van der Waals surface area contributed by atoms with Gasteiger partial charge in [-0.3, -0.25) is 9.52 Å². The van der Waals surface area contributed by atoms with Gasteiger partial charge in [-0.15, -0.1) is 11.3 Å². The molecule has 140 valence electrons. The molecule has 0 saturated heterocycles. The number of sulfonamides is 1. The van der Waals surface area contributed by atoms with Crippen molar-refractivity contribution in [1.29, 1.82) is 0 Å². The van der Waals surface area contributed by atoms with Gasteiger partial charge in [0.1, 0.15) is 9.96 Å². The van der Waals surface area contributed by atoms with Crippen LogP contribution in [0.1, 0.15) is 15.9 Å². The van der Waals surface area contributed by atoms with Crippen molar-refractivity contribution < 1.29 is 18.3 Å². The molecule has 1 heterocycles. The van der Waals surface area contributed by atoms with Gasteiger partial charge in [0.15, 0.2) is 0 Å². The number of anilines is 1. The molecular formula is C19H18N2O4S2. The molecule has 0 bridgehead atoms. The predicted molar refractivity (Wildman–Crippen MR) is 105 cm³/mol. The van der Waals surface area contributed by atoms with Gasteiger partial charge in [0, 0.05) is 19.7 Å². The van der Waals surface area contributed by atoms with Crippen molar-refractivity contribution in [2.24, 2.45) is 0 Å². The first-order valence-electron chi connectivity index (χ1n) is 8.05. The number of carbonyl (C=O) groups excluding carboxylic acids is 1. The van der Waals surface area contributed by atoms with E-state index in [0.717, 1.165) is 16.9 Å². The van der Waals surface area contributed by atoms with Gasteiger partial charge >= 0.3 is 0 Å². The number of amides is 1. The zero-order chi connectivity index (χ0) is 19.4. The van der Waals surface area contributed by atoms with Crippen LogP contribution in [0.3, 0.4) is 0 Å². The zero-order valence-corrected chi connectivity index (χ0v) is 16.1. The quantitative estimate of drug-likeness (QED) is 0.660. The second-order valence-electron chi connectivity index (χ2n) is 5.92. The van der Waals surface area contributed by atoms with Crippen molar-refractivity contribution in [2.75, 3.05) is 11.8 Å². The highest BCUT2D eigenvalue weighted by Crippen LogP contribution is 2.26. The summed E-state index contributed by atoms with van der Waals surface area (Å²) in [6, 6.07) is 16.7. The molecule has 0 aliphatic heterocycles. The van der Waals surface area contributed by atoms with Crippen LogP contribution < -0.4 is 4.72 Å². The number of thiophene rings is 1. The Kier molecular flexibility index (Phi) is 5.48. The van der Waals surface area contributed by atoms with Crippen LogP contribution in [0.15, 0.2) is 70.3 Å². The van der Waals surface area contributed by atoms with E-state index < -0.39 is 10.0 Å². The molecule has 0 aliphatic carbocycles. The van der Waals surface area contributed by atoms with Crippen molar-refractivity contribution >= 4 is 33.0 Å². The lowest BCUT2D eigenvalue weighted by atomic mass is 10.1. The Morgan fingerprint density at radius 3 is 2.48 bits per heavy atom. The van der Waals surface area contributed by atoms with Gasteiger partial charge in [-0.05, 0) is 29.1 Å². The van der Waals surface area contributed by atoms with Gasteiger partial charge in [0.2, 0.25) is 0 Å². The molecule has 27 heavy (non-hydrogen) atoms. The van der Waals surface area contributed by atoms with E-state index in [1.165, 1.54) is 29.2 Å². The van der Waals surface area contributed by atoms with E-state index in [4.69, 9.17) is 0 Å². The summed E-state index contributed by atoms with van der Waals surface area (Å²) < 4.78 is 27.1. The molecule has 2 N–H and O–H groups in total. The second-order valence-corrected chi connectivity index (χ2v) is 8.77. The third-order valence-electron chi connectivity index (χ3n) is 3.85. The number of phenols is 1. The average molecular weight is 402 g/mol. The summed E-state index contributed by atoms with van der Waals surface area (Å²) in [5.74, 6) is -0.643. The van der Waals surface area contributed by atoms with Crippen LogP contribution in [0, 0.1) is 0 Å². The standard InChI is InChI=1S/C19H18N2O4S2/c1-21(13-14-6-3-2-4-7-14)19(23)16-10-9-15(12-17(16)22)20-27(24,25)18-8-5-11-26-18/h2-12,20,22H,13H2,1H3. The minimum absolute atomic E-state index is 0.104. The lowest BCUT2D eigenvalue weighted by Crippen LogP contribution is -2.26. The summed E-state index contributed by atoms with van der Waals surface area (Å²) in [6.45, 7) is 0.395. The first-order valence-corrected chi connectivity index (χ1v) is 10.4. The molecule has 3 rings (SSSR count). The lowest BCUT2D eigenvalue weighted by Gasteiger charge is -2.18. The molecule has 1 aromatic heterocycles. The maximum absolute atomic E-state index is 12.6. The summed E-state index contributed by atoms with van der Waals surface area (Å²) >= 11 is 1.09. The van der Waals surface area contributed by atoms with Crippen LogP contribution in [0.4, 0.5) is 5.69 Å². The molecule has 0 radical (unpaired) electrons. The van der Waals surface area contributed by atoms with Crippen LogP contribution in [-0.4, -0.2) is 31.4 Å². The number of aromatic hydroxyl groups is 1. The SMILES string of the molecule is CN(Cc1ccccc1)C(=O)c1ccc(NS(=O)(=O)c2cccs2)cc1O. The van der Waals surface area contributed by atoms with Crippen molar-refractivity contribution in [2.45, 2.75) is 10.8 Å². The van der Waals surface area contributed by atoms with E-state index in [0.29, 0.717) is 6.54 Å². The third-order valence-corrected chi connectivity index (χ3v) is 6.63. The van der Waals surface area contributed by atoms with Gasteiger partial charge in [-0.25, -0.2) is 8.42 Å². The smallest absolute Gasteiger partial charge is 0.271 e. The average Bonchev–Trinajstić information content (AvgIpc) is 3.17. The molecule has 0 fully saturated rings. The minimum atomic E-state index is -3.71. The van der Waals surface area contributed by atoms with E-state index in [9.17, 15) is 18.3 Å². The van der Waals surface area contributed by atoms with Crippen LogP contribution >= 0.6 is 11.3 Å². The van der Waals surface area contributed by atoms with Crippen molar-refractivity contribution in [3.8, 4) is 5.75 Å². The first kappa shape index (κ1) is 18.9. The Labute approximate surface area is 161 Å². The Morgan fingerprint density at radius 2 is 1.85 bits per heavy atom. The van der Waals surface area contributed by atoms with E-state index in [1.807, 2.05) is 30.3 Å². The summed E-state index contributed by atoms with van der Waals surface area (Å²) in [7, 11) is -2.07. The molecule has 0 atom stereocenters. The minimum Gasteiger partial charge on any atom is -0.507 e. The number of hydrogen-bond acceptors (Lipinski definition) is 5. The Morgan fingerprint density at radius 1 is 1.11 bits per heavy atom. The monoisotopic (exact) mass is 402 g/mol. The number of nitrogens with zero attached hydrogens (tertiary/aromatic N) is 1. The number of hydrogen-bond donors (Lipinski definition) is 2. The molecule has 1 amide bonds. The Balaban J connectivity index is 1.75. The fourth-order valence-electron chi connectivity index (χ4n) is 2.53. The van der Waals surface area contributed by atoms with E-state index in [1.54, 1.807) is 18.5 Å². The molecule has 0 spiro atoms. The van der Waals surface area contributed by atoms with Crippen molar-refractivity contribution in [3.63, 3.8) is 0 Å². The number of phenolic OH excluding ortho intramolecular Hbond substituents is 1. The van der Waals surface area contributed by atoms with Gasteiger partial charge in [0.25, 0.3) is 15.9 Å². The van der Waals surface area contributed by atoms with E-state index >= 15 is 0 Å². The summed E-state index contributed by atoms with van der Waals surface area (Å²) in [6.07, 6.45) is 0. The van der Waals surface area contributed by atoms with Crippen LogP contribution in [-0.2, 0) is 16.6 Å². The lowest BCUT2D eigenvalue weighted by molar-refractivity contribution is 0.0782. The Bertz CT molecular complexity index is 1030. The van der Waals surface area contributed by atoms with Crippen molar-refractivity contribution in [1.82, 2.24) is 4.90 Å². The van der Waals surface area contributed by atoms with Crippen molar-refractivity contribution in [3.05, 3.63) is 77.2 Å². The van der Waals surface area contributed by atoms with E-state index in [-0.39, 0.29) is 27.1 Å². The van der Waals surface area contributed by atoms with E-state index in [2.05, 4.69) is 4.72 Å². The van der Waals surface area contributed by atoms with Gasteiger partial charge < -0.3 is 10.0 Å². The van der Waals surface area contributed by atoms with Gasteiger partial charge in [-0.2, -0.15) is 0 Å². The zero-order valence-electron chi connectivity index (χ0n) is 14.5. The predicted octanol–water partition coefficient (Wildman–Crippen LogP) is 3.53. The number of carbonyl (C=O) groups is 1. The molecule has 6 nitrogen and oxygen atoms in total. The fraction of sp³-hybridized carbons (Fsp3) is 0.105. The van der Waals surface area contributed by atoms with Gasteiger partial charge in [0.05, 0.1) is 11.3 Å². The van der Waals surface area contributed by atoms with Gasteiger partial charge in [-0.1, -0.05) is 36.4 Å². The maximum atomic E-state index is 12.6. The fourth-order valence-corrected chi connectivity index (χ4v) is 4.57. The number of rotatable bonds is 6. The number of benzene rings is 2. The highest BCUT2D eigenvalue weighted by Gasteiger charge is 2.19. The topological polar surface area (TPSA) is 86.7 Å². The molecule has 0 unspecified atom stereocenters. The molecule has 8 heteroatoms. The molecule has 0 saturated carbocycles. The molecule has 2 aromatic carbocycles. The normalized spacial score (nSPS) is 11.1. The Hall–Kier alpha value is -2.84. The molecule has 0 aliphatic rings. The first-order chi connectivity index (χ1) is 12.9. The largest absolute Gasteiger partial charge is 0.507 e. The number of nitrogens with one attached hydrogen (secondary N) is 1. The molecule has 3 aromatic rings. The highest BCUT2D eigenvalue weighted by atomic mass is 32.2. The second kappa shape index (κ2) is 7.81. The summed E-state index contributed by atoms with van der Waals surface area (Å²) in [5.41, 5.74) is 1.25. The maximum Gasteiger partial charge on any atom is 0.271 e.